The lowest BCUT2D eigenvalue weighted by atomic mass is 10.0. The Hall–Kier alpha value is -1.61. The zero-order valence-electron chi connectivity index (χ0n) is 10.8. The molecule has 0 saturated carbocycles. The number of rotatable bonds is 8. The molecule has 0 amide bonds. The second kappa shape index (κ2) is 8.48. The second-order valence-electron chi connectivity index (χ2n) is 4.17. The van der Waals surface area contributed by atoms with Crippen LogP contribution >= 0.6 is 0 Å². The van der Waals surface area contributed by atoms with Crippen LogP contribution in [-0.2, 0) is 20.9 Å². The summed E-state index contributed by atoms with van der Waals surface area (Å²) in [6.45, 7) is 4.80. The molecule has 0 aromatic heterocycles. The van der Waals surface area contributed by atoms with Crippen molar-refractivity contribution < 1.29 is 14.3 Å². The molecule has 1 rings (SSSR count). The number of carbonyl (C=O) groups excluding carboxylic acids is 1. The van der Waals surface area contributed by atoms with Gasteiger partial charge >= 0.3 is 5.97 Å². The van der Waals surface area contributed by atoms with Crippen molar-refractivity contribution in [1.82, 2.24) is 0 Å². The highest BCUT2D eigenvalue weighted by molar-refractivity contribution is 5.69. The van der Waals surface area contributed by atoms with Gasteiger partial charge in [-0.1, -0.05) is 36.4 Å². The summed E-state index contributed by atoms with van der Waals surface area (Å²) in [6.07, 6.45) is 2.93. The summed E-state index contributed by atoms with van der Waals surface area (Å²) < 4.78 is 10.3. The Labute approximate surface area is 108 Å². The third-order valence-electron chi connectivity index (χ3n) is 2.65. The van der Waals surface area contributed by atoms with Crippen molar-refractivity contribution in [3.05, 3.63) is 48.6 Å². The van der Waals surface area contributed by atoms with Crippen LogP contribution in [-0.4, -0.2) is 19.7 Å². The molecule has 98 valence electrons. The monoisotopic (exact) mass is 248 g/mol. The summed E-state index contributed by atoms with van der Waals surface area (Å²) in [5.41, 5.74) is 1.13. The molecule has 0 bridgehead atoms. The molecule has 0 aliphatic heterocycles. The predicted molar refractivity (Wildman–Crippen MR) is 71.0 cm³/mol. The smallest absolute Gasteiger partial charge is 0.305 e. The van der Waals surface area contributed by atoms with Gasteiger partial charge < -0.3 is 9.47 Å². The summed E-state index contributed by atoms with van der Waals surface area (Å²) in [5.74, 6) is -0.0659. The zero-order chi connectivity index (χ0) is 13.2. The lowest BCUT2D eigenvalue weighted by Crippen LogP contribution is -2.15. The minimum Gasteiger partial charge on any atom is -0.469 e. The van der Waals surface area contributed by atoms with Crippen LogP contribution in [0.15, 0.2) is 43.0 Å². The first-order valence-electron chi connectivity index (χ1n) is 6.05. The fraction of sp³-hybridized carbons (Fsp3) is 0.400. The number of benzene rings is 1. The number of hydrogen-bond donors (Lipinski definition) is 0. The molecule has 0 aliphatic carbocycles. The van der Waals surface area contributed by atoms with Crippen LogP contribution in [0.4, 0.5) is 0 Å². The summed E-state index contributed by atoms with van der Waals surface area (Å²) in [6, 6.07) is 9.97. The first-order chi connectivity index (χ1) is 8.76. The number of carbonyl (C=O) groups is 1. The van der Waals surface area contributed by atoms with Gasteiger partial charge in [0.05, 0.1) is 26.7 Å². The Morgan fingerprint density at radius 1 is 1.39 bits per heavy atom. The average Bonchev–Trinajstić information content (AvgIpc) is 2.40. The topological polar surface area (TPSA) is 35.5 Å². The molecule has 18 heavy (non-hydrogen) atoms. The Morgan fingerprint density at radius 3 is 2.72 bits per heavy atom. The average molecular weight is 248 g/mol. The first kappa shape index (κ1) is 14.5. The summed E-state index contributed by atoms with van der Waals surface area (Å²) in [5, 5.41) is 0. The highest BCUT2D eigenvalue weighted by Gasteiger charge is 2.13. The highest BCUT2D eigenvalue weighted by Crippen LogP contribution is 2.12. The number of hydrogen-bond acceptors (Lipinski definition) is 3. The van der Waals surface area contributed by atoms with Gasteiger partial charge in [0.2, 0.25) is 0 Å². The third kappa shape index (κ3) is 5.64. The molecule has 0 aliphatic rings. The summed E-state index contributed by atoms with van der Waals surface area (Å²) in [4.78, 5) is 11.2. The van der Waals surface area contributed by atoms with Gasteiger partial charge in [-0.15, -0.1) is 6.58 Å². The van der Waals surface area contributed by atoms with E-state index in [9.17, 15) is 4.79 Å². The molecule has 0 spiro atoms. The summed E-state index contributed by atoms with van der Waals surface area (Å²) in [7, 11) is 1.40. The van der Waals surface area contributed by atoms with Crippen molar-refractivity contribution in [2.24, 2.45) is 5.92 Å². The van der Waals surface area contributed by atoms with E-state index in [1.54, 1.807) is 6.08 Å². The Bertz CT molecular complexity index is 359. The lowest BCUT2D eigenvalue weighted by molar-refractivity contribution is -0.142. The van der Waals surface area contributed by atoms with Crippen LogP contribution in [0.5, 0.6) is 0 Å². The molecule has 1 aromatic carbocycles. The largest absolute Gasteiger partial charge is 0.469 e. The van der Waals surface area contributed by atoms with Gasteiger partial charge in [-0.05, 0) is 17.9 Å². The van der Waals surface area contributed by atoms with Crippen LogP contribution in [0.2, 0.25) is 0 Å². The molecule has 0 heterocycles. The van der Waals surface area contributed by atoms with E-state index in [2.05, 4.69) is 11.3 Å². The van der Waals surface area contributed by atoms with E-state index in [0.29, 0.717) is 19.6 Å². The van der Waals surface area contributed by atoms with Gasteiger partial charge in [-0.25, -0.2) is 0 Å². The summed E-state index contributed by atoms with van der Waals surface area (Å²) >= 11 is 0. The molecule has 1 atom stereocenters. The van der Waals surface area contributed by atoms with Gasteiger partial charge in [0, 0.05) is 0 Å². The third-order valence-corrected chi connectivity index (χ3v) is 2.65. The molecular weight excluding hydrogens is 228 g/mol. The lowest BCUT2D eigenvalue weighted by Gasteiger charge is -2.14. The van der Waals surface area contributed by atoms with Crippen molar-refractivity contribution in [1.29, 1.82) is 0 Å². The Kier molecular flexibility index (Phi) is 6.81. The molecule has 0 fully saturated rings. The first-order valence-corrected chi connectivity index (χ1v) is 6.05. The van der Waals surface area contributed by atoms with E-state index in [1.165, 1.54) is 7.11 Å². The van der Waals surface area contributed by atoms with Crippen molar-refractivity contribution in [2.75, 3.05) is 13.7 Å². The van der Waals surface area contributed by atoms with E-state index in [4.69, 9.17) is 4.74 Å². The predicted octanol–water partition coefficient (Wildman–Crippen LogP) is 2.96. The maximum absolute atomic E-state index is 11.2. The van der Waals surface area contributed by atoms with Gasteiger partial charge in [0.15, 0.2) is 0 Å². The quantitative estimate of drug-likeness (QED) is 0.524. The standard InChI is InChI=1S/C15H20O3/c1-3-7-14(10-15(16)17-2)12-18-11-13-8-5-4-6-9-13/h3-6,8-9,14H,1,7,10-12H2,2H3/t14-/m1/s1. The van der Waals surface area contributed by atoms with Gasteiger partial charge in [0.1, 0.15) is 0 Å². The van der Waals surface area contributed by atoms with Crippen LogP contribution in [0.25, 0.3) is 0 Å². The molecular formula is C15H20O3. The molecule has 0 unspecified atom stereocenters. The van der Waals surface area contributed by atoms with Crippen LogP contribution < -0.4 is 0 Å². The SMILES string of the molecule is C=CC[C@@H](COCc1ccccc1)CC(=O)OC. The van der Waals surface area contributed by atoms with Crippen LogP contribution in [0.1, 0.15) is 18.4 Å². The molecule has 3 heteroatoms. The van der Waals surface area contributed by atoms with E-state index >= 15 is 0 Å². The molecule has 3 nitrogen and oxygen atoms in total. The van der Waals surface area contributed by atoms with E-state index in [-0.39, 0.29) is 11.9 Å². The number of allylic oxidation sites excluding steroid dienone is 1. The minimum absolute atomic E-state index is 0.138. The van der Waals surface area contributed by atoms with Crippen molar-refractivity contribution in [3.8, 4) is 0 Å². The minimum atomic E-state index is -0.204. The van der Waals surface area contributed by atoms with E-state index < -0.39 is 0 Å². The highest BCUT2D eigenvalue weighted by atomic mass is 16.5. The molecule has 0 saturated heterocycles. The van der Waals surface area contributed by atoms with Gasteiger partial charge in [-0.3, -0.25) is 4.79 Å². The van der Waals surface area contributed by atoms with E-state index in [0.717, 1.165) is 12.0 Å². The maximum atomic E-state index is 11.2. The Morgan fingerprint density at radius 2 is 2.11 bits per heavy atom. The maximum Gasteiger partial charge on any atom is 0.305 e. The number of methoxy groups -OCH3 is 1. The van der Waals surface area contributed by atoms with Crippen LogP contribution in [0, 0.1) is 5.92 Å². The fourth-order valence-electron chi connectivity index (χ4n) is 1.68. The molecule has 0 radical (unpaired) electrons. The van der Waals surface area contributed by atoms with Crippen LogP contribution in [0.3, 0.4) is 0 Å². The van der Waals surface area contributed by atoms with Crippen molar-refractivity contribution in [3.63, 3.8) is 0 Å². The van der Waals surface area contributed by atoms with Crippen molar-refractivity contribution >= 4 is 5.97 Å². The number of esters is 1. The molecule has 1 aromatic rings. The molecule has 0 N–H and O–H groups in total. The fourth-order valence-corrected chi connectivity index (χ4v) is 1.68. The zero-order valence-corrected chi connectivity index (χ0v) is 10.8. The number of ether oxygens (including phenoxy) is 2. The van der Waals surface area contributed by atoms with Gasteiger partial charge in [-0.2, -0.15) is 0 Å². The normalized spacial score (nSPS) is 11.8. The van der Waals surface area contributed by atoms with Gasteiger partial charge in [0.25, 0.3) is 0 Å². The van der Waals surface area contributed by atoms with Crippen molar-refractivity contribution in [2.45, 2.75) is 19.4 Å². The second-order valence-corrected chi connectivity index (χ2v) is 4.17. The van der Waals surface area contributed by atoms with E-state index in [1.807, 2.05) is 30.3 Å². The Balaban J connectivity index is 2.33.